The molecule has 0 saturated carbocycles. The summed E-state index contributed by atoms with van der Waals surface area (Å²) < 4.78 is 0. The second-order valence-electron chi connectivity index (χ2n) is 7.44. The van der Waals surface area contributed by atoms with Crippen molar-refractivity contribution in [2.24, 2.45) is 5.73 Å². The number of aliphatic carboxylic acids is 1. The first-order valence-corrected chi connectivity index (χ1v) is 9.58. The molecule has 26 heavy (non-hydrogen) atoms. The molecule has 0 aliphatic carbocycles. The lowest BCUT2D eigenvalue weighted by Crippen LogP contribution is -2.48. The Hall–Kier alpha value is -1.41. The van der Waals surface area contributed by atoms with Crippen molar-refractivity contribution < 1.29 is 19.9 Å². The van der Waals surface area contributed by atoms with E-state index in [1.165, 1.54) is 11.1 Å². The van der Waals surface area contributed by atoms with Gasteiger partial charge in [0, 0.05) is 13.1 Å². The summed E-state index contributed by atoms with van der Waals surface area (Å²) >= 11 is 0. The van der Waals surface area contributed by atoms with Crippen molar-refractivity contribution in [1.82, 2.24) is 4.90 Å². The number of nitrogens with zero attached hydrogens (tertiary/aromatic N) is 1. The molecular weight excluding hydrogens is 331 g/mol. The van der Waals surface area contributed by atoms with Crippen LogP contribution in [0.5, 0.6) is 0 Å². The Balaban J connectivity index is 1.70. The SMILES string of the molecule is NC(CCCCB(O)O)(CCCCN1CCc2ccccc2C1)C(=O)O. The monoisotopic (exact) mass is 362 g/mol. The molecule has 5 N–H and O–H groups in total. The number of fused-ring (bicyclic) bond motifs is 1. The van der Waals surface area contributed by atoms with Crippen LogP contribution < -0.4 is 5.73 Å². The Morgan fingerprint density at radius 1 is 1.12 bits per heavy atom. The van der Waals surface area contributed by atoms with Crippen LogP contribution in [-0.2, 0) is 17.8 Å². The van der Waals surface area contributed by atoms with Crippen LogP contribution in [0.1, 0.15) is 49.7 Å². The molecule has 6 nitrogen and oxygen atoms in total. The van der Waals surface area contributed by atoms with Crippen molar-refractivity contribution in [2.45, 2.75) is 63.3 Å². The van der Waals surface area contributed by atoms with Crippen molar-refractivity contribution >= 4 is 13.1 Å². The molecule has 1 heterocycles. The number of carbonyl (C=O) groups is 1. The topological polar surface area (TPSA) is 107 Å². The molecule has 2 rings (SSSR count). The van der Waals surface area contributed by atoms with Crippen LogP contribution in [0.4, 0.5) is 0 Å². The molecule has 0 radical (unpaired) electrons. The van der Waals surface area contributed by atoms with Gasteiger partial charge in [-0.05, 0) is 56.1 Å². The number of nitrogens with two attached hydrogens (primary N) is 1. The molecule has 0 spiro atoms. The number of benzene rings is 1. The van der Waals surface area contributed by atoms with Gasteiger partial charge in [-0.2, -0.15) is 0 Å². The van der Waals surface area contributed by atoms with Gasteiger partial charge in [0.05, 0.1) is 0 Å². The van der Waals surface area contributed by atoms with E-state index in [0.717, 1.165) is 38.9 Å². The molecule has 0 fully saturated rings. The molecule has 1 aromatic rings. The zero-order chi connectivity index (χ0) is 19.0. The molecule has 0 saturated heterocycles. The van der Waals surface area contributed by atoms with Crippen LogP contribution in [-0.4, -0.2) is 51.8 Å². The van der Waals surface area contributed by atoms with E-state index in [2.05, 4.69) is 29.2 Å². The maximum Gasteiger partial charge on any atom is 0.451 e. The van der Waals surface area contributed by atoms with Crippen LogP contribution in [0.15, 0.2) is 24.3 Å². The van der Waals surface area contributed by atoms with Crippen molar-refractivity contribution in [2.75, 3.05) is 13.1 Å². The van der Waals surface area contributed by atoms with Gasteiger partial charge < -0.3 is 20.9 Å². The summed E-state index contributed by atoms with van der Waals surface area (Å²) in [6.07, 6.45) is 5.02. The van der Waals surface area contributed by atoms with Crippen molar-refractivity contribution in [3.63, 3.8) is 0 Å². The summed E-state index contributed by atoms with van der Waals surface area (Å²) in [6.45, 7) is 2.97. The summed E-state index contributed by atoms with van der Waals surface area (Å²) in [4.78, 5) is 14.0. The summed E-state index contributed by atoms with van der Waals surface area (Å²) in [7, 11) is -1.33. The highest BCUT2D eigenvalue weighted by Crippen LogP contribution is 2.22. The van der Waals surface area contributed by atoms with E-state index in [9.17, 15) is 9.90 Å². The quantitative estimate of drug-likeness (QED) is 0.352. The molecular formula is C19H31BN2O4. The average Bonchev–Trinajstić information content (AvgIpc) is 2.62. The maximum absolute atomic E-state index is 11.5. The third-order valence-electron chi connectivity index (χ3n) is 5.32. The van der Waals surface area contributed by atoms with Gasteiger partial charge in [0.1, 0.15) is 5.54 Å². The Kier molecular flexibility index (Phi) is 8.09. The van der Waals surface area contributed by atoms with E-state index in [0.29, 0.717) is 25.7 Å². The second kappa shape index (κ2) is 10.1. The zero-order valence-electron chi connectivity index (χ0n) is 15.4. The summed E-state index contributed by atoms with van der Waals surface area (Å²) in [5.74, 6) is -0.964. The highest BCUT2D eigenvalue weighted by atomic mass is 16.4. The van der Waals surface area contributed by atoms with Gasteiger partial charge in [0.2, 0.25) is 0 Å². The largest absolute Gasteiger partial charge is 0.480 e. The van der Waals surface area contributed by atoms with Crippen molar-refractivity contribution in [1.29, 1.82) is 0 Å². The van der Waals surface area contributed by atoms with E-state index < -0.39 is 18.6 Å². The zero-order valence-corrected chi connectivity index (χ0v) is 15.4. The van der Waals surface area contributed by atoms with Crippen LogP contribution in [0, 0.1) is 0 Å². The predicted octanol–water partition coefficient (Wildman–Crippen LogP) is 1.64. The number of carboxylic acids is 1. The number of rotatable bonds is 11. The fraction of sp³-hybridized carbons (Fsp3) is 0.632. The molecule has 144 valence electrons. The van der Waals surface area contributed by atoms with E-state index >= 15 is 0 Å². The standard InChI is InChI=1S/C19H31BN2O4/c21-19(18(23)24,10-3-5-12-20(25)26)11-4-6-13-22-14-9-16-7-1-2-8-17(16)15-22/h1-2,7-8,25-26H,3-6,9-15,21H2,(H,23,24). The van der Waals surface area contributed by atoms with Gasteiger partial charge in [0.25, 0.3) is 0 Å². The number of unbranched alkanes of at least 4 members (excludes halogenated alkanes) is 2. The smallest absolute Gasteiger partial charge is 0.451 e. The fourth-order valence-electron chi connectivity index (χ4n) is 3.63. The Labute approximate surface area is 156 Å². The first-order chi connectivity index (χ1) is 12.4. The summed E-state index contributed by atoms with van der Waals surface area (Å²) in [6, 6.07) is 8.54. The molecule has 0 amide bonds. The molecule has 1 aliphatic heterocycles. The third-order valence-corrected chi connectivity index (χ3v) is 5.32. The fourth-order valence-corrected chi connectivity index (χ4v) is 3.63. The maximum atomic E-state index is 11.5. The first kappa shape index (κ1) is 20.9. The van der Waals surface area contributed by atoms with E-state index in [1.807, 2.05) is 0 Å². The van der Waals surface area contributed by atoms with Crippen LogP contribution in [0.25, 0.3) is 0 Å². The highest BCUT2D eigenvalue weighted by Gasteiger charge is 2.32. The lowest BCUT2D eigenvalue weighted by molar-refractivity contribution is -0.144. The van der Waals surface area contributed by atoms with Crippen LogP contribution in [0.2, 0.25) is 6.32 Å². The van der Waals surface area contributed by atoms with Crippen molar-refractivity contribution in [3.8, 4) is 0 Å². The summed E-state index contributed by atoms with van der Waals surface area (Å²) in [5.41, 5.74) is 7.71. The Morgan fingerprint density at radius 2 is 1.77 bits per heavy atom. The lowest BCUT2D eigenvalue weighted by atomic mass is 9.81. The lowest BCUT2D eigenvalue weighted by Gasteiger charge is -2.29. The van der Waals surface area contributed by atoms with Gasteiger partial charge in [-0.1, -0.05) is 37.1 Å². The molecule has 1 aliphatic rings. The third kappa shape index (κ3) is 6.39. The van der Waals surface area contributed by atoms with Gasteiger partial charge in [-0.15, -0.1) is 0 Å². The van der Waals surface area contributed by atoms with Gasteiger partial charge in [-0.3, -0.25) is 9.69 Å². The average molecular weight is 362 g/mol. The van der Waals surface area contributed by atoms with Crippen LogP contribution >= 0.6 is 0 Å². The molecule has 1 unspecified atom stereocenters. The molecule has 0 bridgehead atoms. The minimum absolute atomic E-state index is 0.256. The Morgan fingerprint density at radius 3 is 2.42 bits per heavy atom. The highest BCUT2D eigenvalue weighted by molar-refractivity contribution is 6.40. The number of carboxylic acid groups (broad SMARTS) is 1. The van der Waals surface area contributed by atoms with E-state index in [-0.39, 0.29) is 6.32 Å². The first-order valence-electron chi connectivity index (χ1n) is 9.58. The molecule has 7 heteroatoms. The van der Waals surface area contributed by atoms with Gasteiger partial charge in [-0.25, -0.2) is 0 Å². The molecule has 1 atom stereocenters. The van der Waals surface area contributed by atoms with Crippen molar-refractivity contribution in [3.05, 3.63) is 35.4 Å². The minimum Gasteiger partial charge on any atom is -0.480 e. The number of hydrogen-bond acceptors (Lipinski definition) is 5. The van der Waals surface area contributed by atoms with E-state index in [4.69, 9.17) is 15.8 Å². The van der Waals surface area contributed by atoms with E-state index in [1.54, 1.807) is 0 Å². The predicted molar refractivity (Wildman–Crippen MR) is 103 cm³/mol. The molecule has 0 aromatic heterocycles. The van der Waals surface area contributed by atoms with Gasteiger partial charge in [0.15, 0.2) is 0 Å². The summed E-state index contributed by atoms with van der Waals surface area (Å²) in [5, 5.41) is 27.2. The normalized spacial score (nSPS) is 16.7. The second-order valence-corrected chi connectivity index (χ2v) is 7.44. The number of hydrogen-bond donors (Lipinski definition) is 4. The minimum atomic E-state index is -1.33. The molecule has 1 aromatic carbocycles. The van der Waals surface area contributed by atoms with Crippen LogP contribution in [0.3, 0.4) is 0 Å². The van der Waals surface area contributed by atoms with Gasteiger partial charge >= 0.3 is 13.1 Å². The Bertz CT molecular complexity index is 584.